The summed E-state index contributed by atoms with van der Waals surface area (Å²) >= 11 is 5.76. The largest absolute Gasteiger partial charge is 0.243 e. The highest BCUT2D eigenvalue weighted by Gasteiger charge is 2.05. The predicted octanol–water partition coefficient (Wildman–Crippen LogP) is 2.04. The molecule has 15 heavy (non-hydrogen) atoms. The molecule has 0 N–H and O–H groups in total. The summed E-state index contributed by atoms with van der Waals surface area (Å²) in [5, 5.41) is 11.1. The molecule has 0 amide bonds. The monoisotopic (exact) mass is 220 g/mol. The van der Waals surface area contributed by atoms with Crippen molar-refractivity contribution in [3.8, 4) is 0 Å². The van der Waals surface area contributed by atoms with E-state index in [9.17, 15) is 0 Å². The number of rotatable bonds is 3. The van der Waals surface area contributed by atoms with Crippen molar-refractivity contribution in [2.75, 3.05) is 0 Å². The molecule has 4 nitrogen and oxygen atoms in total. The Morgan fingerprint density at radius 2 is 2.07 bits per heavy atom. The Kier molecular flexibility index (Phi) is 2.78. The molecule has 2 rings (SSSR count). The van der Waals surface area contributed by atoms with E-state index in [1.54, 1.807) is 0 Å². The lowest BCUT2D eigenvalue weighted by Gasteiger charge is -2.04. The number of hydrogen-bond acceptors (Lipinski definition) is 3. The molecule has 0 aliphatic carbocycles. The third kappa shape index (κ3) is 2.22. The van der Waals surface area contributed by atoms with Gasteiger partial charge in [0.1, 0.15) is 0 Å². The van der Waals surface area contributed by atoms with Gasteiger partial charge in [-0.3, -0.25) is 0 Å². The highest BCUT2D eigenvalue weighted by atomic mass is 35.5. The van der Waals surface area contributed by atoms with Crippen LogP contribution in [-0.2, 0) is 6.54 Å². The molecule has 76 valence electrons. The van der Waals surface area contributed by atoms with Gasteiger partial charge in [-0.25, -0.2) is 4.68 Å². The zero-order valence-corrected chi connectivity index (χ0v) is 8.72. The molecule has 5 heteroatoms. The molecule has 1 aromatic heterocycles. The summed E-state index contributed by atoms with van der Waals surface area (Å²) in [6.07, 6.45) is 0. The molecule has 0 unspecified atom stereocenters. The first-order valence-corrected chi connectivity index (χ1v) is 4.80. The second-order valence-electron chi connectivity index (χ2n) is 3.08. The third-order valence-electron chi connectivity index (χ3n) is 2.01. The van der Waals surface area contributed by atoms with Gasteiger partial charge < -0.3 is 0 Å². The van der Waals surface area contributed by atoms with E-state index in [0.717, 1.165) is 11.1 Å². The van der Waals surface area contributed by atoms with Crippen LogP contribution in [0, 0.1) is 0 Å². The van der Waals surface area contributed by atoms with Gasteiger partial charge in [0.25, 0.3) is 0 Å². The molecule has 0 spiro atoms. The van der Waals surface area contributed by atoms with Crippen molar-refractivity contribution in [3.05, 3.63) is 47.8 Å². The molecule has 0 aliphatic rings. The molecule has 0 aliphatic heterocycles. The normalized spacial score (nSPS) is 10.2. The molecule has 2 aromatic rings. The lowest BCUT2D eigenvalue weighted by molar-refractivity contribution is 0.669. The Labute approximate surface area is 92.2 Å². The first kappa shape index (κ1) is 9.86. The summed E-state index contributed by atoms with van der Waals surface area (Å²) in [6, 6.07) is 9.85. The van der Waals surface area contributed by atoms with Crippen molar-refractivity contribution >= 4 is 17.2 Å². The summed E-state index contributed by atoms with van der Waals surface area (Å²) in [4.78, 5) is 0. The van der Waals surface area contributed by atoms with Crippen LogP contribution in [0.1, 0.15) is 5.56 Å². The second kappa shape index (κ2) is 4.23. The van der Waals surface area contributed by atoms with E-state index in [2.05, 4.69) is 22.1 Å². The van der Waals surface area contributed by atoms with Crippen LogP contribution in [0.2, 0.25) is 5.28 Å². The zero-order valence-electron chi connectivity index (χ0n) is 7.97. The van der Waals surface area contributed by atoms with Crippen molar-refractivity contribution < 1.29 is 0 Å². The predicted molar refractivity (Wildman–Crippen MR) is 58.3 cm³/mol. The average Bonchev–Trinajstić information content (AvgIpc) is 2.66. The number of benzene rings is 1. The van der Waals surface area contributed by atoms with Gasteiger partial charge >= 0.3 is 0 Å². The van der Waals surface area contributed by atoms with Crippen LogP contribution in [0.15, 0.2) is 36.9 Å². The Balaban J connectivity index is 2.15. The van der Waals surface area contributed by atoms with Crippen LogP contribution in [0.4, 0.5) is 0 Å². The van der Waals surface area contributed by atoms with Crippen LogP contribution in [0.25, 0.3) is 5.57 Å². The highest BCUT2D eigenvalue weighted by Crippen LogP contribution is 2.14. The maximum absolute atomic E-state index is 5.76. The molecule has 0 atom stereocenters. The minimum atomic E-state index is 0.270. The van der Waals surface area contributed by atoms with Gasteiger partial charge in [0.2, 0.25) is 5.28 Å². The first-order valence-electron chi connectivity index (χ1n) is 4.42. The van der Waals surface area contributed by atoms with Crippen LogP contribution in [-0.4, -0.2) is 20.2 Å². The molecular formula is C10H9ClN4. The molecule has 0 bridgehead atoms. The minimum Gasteiger partial charge on any atom is -0.212 e. The Bertz CT molecular complexity index is 463. The van der Waals surface area contributed by atoms with E-state index in [1.165, 1.54) is 4.68 Å². The molecule has 1 aromatic carbocycles. The Morgan fingerprint density at radius 3 is 2.67 bits per heavy atom. The van der Waals surface area contributed by atoms with E-state index in [0.29, 0.717) is 6.54 Å². The average molecular weight is 221 g/mol. The van der Waals surface area contributed by atoms with Gasteiger partial charge in [0, 0.05) is 0 Å². The van der Waals surface area contributed by atoms with Crippen molar-refractivity contribution in [2.24, 2.45) is 0 Å². The van der Waals surface area contributed by atoms with Gasteiger partial charge in [-0.2, -0.15) is 0 Å². The quantitative estimate of drug-likeness (QED) is 0.795. The third-order valence-corrected chi connectivity index (χ3v) is 2.28. The molecule has 0 radical (unpaired) electrons. The van der Waals surface area contributed by atoms with Crippen molar-refractivity contribution in [2.45, 2.75) is 6.54 Å². The fourth-order valence-corrected chi connectivity index (χ4v) is 1.36. The summed E-state index contributed by atoms with van der Waals surface area (Å²) < 4.78 is 1.50. The number of halogens is 1. The van der Waals surface area contributed by atoms with Gasteiger partial charge in [0.15, 0.2) is 0 Å². The van der Waals surface area contributed by atoms with E-state index >= 15 is 0 Å². The van der Waals surface area contributed by atoms with Gasteiger partial charge in [0.05, 0.1) is 6.54 Å². The van der Waals surface area contributed by atoms with Crippen molar-refractivity contribution in [1.29, 1.82) is 0 Å². The first-order chi connectivity index (χ1) is 7.27. The van der Waals surface area contributed by atoms with E-state index in [4.69, 9.17) is 11.6 Å². The zero-order chi connectivity index (χ0) is 10.7. The number of nitrogens with zero attached hydrogens (tertiary/aromatic N) is 4. The topological polar surface area (TPSA) is 43.6 Å². The molecular weight excluding hydrogens is 212 g/mol. The number of allylic oxidation sites excluding steroid dienone is 1. The van der Waals surface area contributed by atoms with Crippen LogP contribution < -0.4 is 0 Å². The molecule has 0 saturated heterocycles. The Morgan fingerprint density at radius 1 is 1.33 bits per heavy atom. The fraction of sp³-hybridized carbons (Fsp3) is 0.100. The number of aromatic nitrogens is 4. The Hall–Kier alpha value is -1.68. The summed E-state index contributed by atoms with van der Waals surface area (Å²) in [5.41, 5.74) is 1.98. The van der Waals surface area contributed by atoms with Crippen molar-refractivity contribution in [1.82, 2.24) is 20.2 Å². The van der Waals surface area contributed by atoms with Gasteiger partial charge in [-0.05, 0) is 33.2 Å². The van der Waals surface area contributed by atoms with E-state index in [1.807, 2.05) is 30.3 Å². The van der Waals surface area contributed by atoms with Gasteiger partial charge in [-0.1, -0.05) is 42.0 Å². The standard InChI is InChI=1S/C10H9ClN4/c1-8(9-5-3-2-4-6-9)7-15-10(11)12-13-14-15/h2-6H,1,7H2. The van der Waals surface area contributed by atoms with Gasteiger partial charge in [-0.15, -0.1) is 0 Å². The number of tetrazole rings is 1. The molecule has 0 fully saturated rings. The highest BCUT2D eigenvalue weighted by molar-refractivity contribution is 6.28. The van der Waals surface area contributed by atoms with Crippen LogP contribution >= 0.6 is 11.6 Å². The van der Waals surface area contributed by atoms with E-state index < -0.39 is 0 Å². The summed E-state index contributed by atoms with van der Waals surface area (Å²) in [6.45, 7) is 4.46. The lowest BCUT2D eigenvalue weighted by atomic mass is 10.1. The lowest BCUT2D eigenvalue weighted by Crippen LogP contribution is -2.02. The van der Waals surface area contributed by atoms with Crippen LogP contribution in [0.3, 0.4) is 0 Å². The fourth-order valence-electron chi connectivity index (χ4n) is 1.24. The van der Waals surface area contributed by atoms with Crippen LogP contribution in [0.5, 0.6) is 0 Å². The second-order valence-corrected chi connectivity index (χ2v) is 3.41. The van der Waals surface area contributed by atoms with Crippen molar-refractivity contribution in [3.63, 3.8) is 0 Å². The molecule has 1 heterocycles. The maximum atomic E-state index is 5.76. The summed E-state index contributed by atoms with van der Waals surface area (Å²) in [5.74, 6) is 0. The minimum absolute atomic E-state index is 0.270. The summed E-state index contributed by atoms with van der Waals surface area (Å²) in [7, 11) is 0. The van der Waals surface area contributed by atoms with E-state index in [-0.39, 0.29) is 5.28 Å². The smallest absolute Gasteiger partial charge is 0.212 e. The maximum Gasteiger partial charge on any atom is 0.243 e. The number of hydrogen-bond donors (Lipinski definition) is 0. The molecule has 0 saturated carbocycles. The SMILES string of the molecule is C=C(Cn1nnnc1Cl)c1ccccc1.